The maximum Gasteiger partial charge on any atom is 0.433 e. The minimum atomic E-state index is -0.701. The number of fused-ring (bicyclic) bond motifs is 1. The van der Waals surface area contributed by atoms with Crippen molar-refractivity contribution >= 4 is 34.4 Å². The maximum atomic E-state index is 14.3. The van der Waals surface area contributed by atoms with E-state index in [0.29, 0.717) is 28.7 Å². The van der Waals surface area contributed by atoms with Crippen LogP contribution in [0.25, 0.3) is 22.2 Å². The van der Waals surface area contributed by atoms with Crippen molar-refractivity contribution in [3.05, 3.63) is 120 Å². The molecular formula is C34H32N6O3. The summed E-state index contributed by atoms with van der Waals surface area (Å²) in [6.07, 6.45) is 1.11. The number of pyridine rings is 2. The number of para-hydroxylation sites is 2. The van der Waals surface area contributed by atoms with Crippen molar-refractivity contribution in [1.29, 1.82) is 0 Å². The van der Waals surface area contributed by atoms with Gasteiger partial charge in [-0.2, -0.15) is 5.01 Å². The van der Waals surface area contributed by atoms with E-state index in [1.165, 1.54) is 7.11 Å². The maximum absolute atomic E-state index is 14.3. The lowest BCUT2D eigenvalue weighted by atomic mass is 9.95. The van der Waals surface area contributed by atoms with Gasteiger partial charge in [0, 0.05) is 55.4 Å². The minimum Gasteiger partial charge on any atom is -0.451 e. The Balaban J connectivity index is 1.41. The molecule has 1 aliphatic rings. The summed E-state index contributed by atoms with van der Waals surface area (Å²) in [7, 11) is 1.29. The Kier molecular flexibility index (Phi) is 8.24. The quantitative estimate of drug-likeness (QED) is 0.267. The fourth-order valence-electron chi connectivity index (χ4n) is 5.44. The lowest BCUT2D eigenvalue weighted by molar-refractivity contribution is 0.0940. The number of hydrogen-bond acceptors (Lipinski definition) is 7. The number of methoxy groups -OCH3 is 1. The number of anilines is 2. The number of hydrogen-bond donors (Lipinski definition) is 1. The van der Waals surface area contributed by atoms with E-state index in [4.69, 9.17) is 9.72 Å². The molecule has 0 aliphatic carbocycles. The molecule has 0 unspecified atom stereocenters. The summed E-state index contributed by atoms with van der Waals surface area (Å²) in [5.74, 6) is 0.538. The zero-order chi connectivity index (χ0) is 29.6. The number of carbonyl (C=O) groups is 2. The van der Waals surface area contributed by atoms with Crippen LogP contribution in [0.2, 0.25) is 0 Å². The molecule has 3 aromatic carbocycles. The second-order valence-electron chi connectivity index (χ2n) is 10.2. The van der Waals surface area contributed by atoms with E-state index < -0.39 is 12.0 Å². The summed E-state index contributed by atoms with van der Waals surface area (Å²) in [5.41, 5.74) is 6.93. The first-order chi connectivity index (χ1) is 21.1. The number of hydrazine groups is 1. The molecule has 1 fully saturated rings. The summed E-state index contributed by atoms with van der Waals surface area (Å²) in [5, 5.41) is 1.84. The van der Waals surface area contributed by atoms with Crippen molar-refractivity contribution < 1.29 is 14.3 Å². The Bertz CT molecular complexity index is 1710. The van der Waals surface area contributed by atoms with Crippen LogP contribution in [0, 0.1) is 0 Å². The summed E-state index contributed by atoms with van der Waals surface area (Å²) >= 11 is 0. The van der Waals surface area contributed by atoms with Gasteiger partial charge in [0.1, 0.15) is 5.82 Å². The van der Waals surface area contributed by atoms with Crippen LogP contribution in [0.1, 0.15) is 15.9 Å². The highest BCUT2D eigenvalue weighted by Crippen LogP contribution is 2.32. The number of amides is 2. The number of benzene rings is 3. The molecule has 9 heteroatoms. The molecule has 216 valence electrons. The summed E-state index contributed by atoms with van der Waals surface area (Å²) in [6, 6.07) is 32.4. The zero-order valence-corrected chi connectivity index (χ0v) is 23.9. The number of rotatable bonds is 6. The van der Waals surface area contributed by atoms with Crippen LogP contribution in [-0.2, 0) is 11.3 Å². The first-order valence-electron chi connectivity index (χ1n) is 14.2. The molecule has 0 saturated carbocycles. The number of piperazine rings is 1. The summed E-state index contributed by atoms with van der Waals surface area (Å²) in [4.78, 5) is 41.4. The van der Waals surface area contributed by atoms with Crippen molar-refractivity contribution in [1.82, 2.24) is 20.3 Å². The number of aromatic nitrogens is 2. The van der Waals surface area contributed by atoms with Gasteiger partial charge in [0.25, 0.3) is 5.91 Å². The van der Waals surface area contributed by atoms with Crippen LogP contribution < -0.4 is 15.3 Å². The zero-order valence-electron chi connectivity index (χ0n) is 23.9. The molecule has 1 saturated heterocycles. The molecule has 0 atom stereocenters. The van der Waals surface area contributed by atoms with E-state index >= 15 is 0 Å². The van der Waals surface area contributed by atoms with E-state index in [0.717, 1.165) is 53.8 Å². The monoisotopic (exact) mass is 572 g/mol. The molecule has 3 heterocycles. The van der Waals surface area contributed by atoms with E-state index in [9.17, 15) is 9.59 Å². The second-order valence-corrected chi connectivity index (χ2v) is 10.2. The molecule has 0 bridgehead atoms. The van der Waals surface area contributed by atoms with Gasteiger partial charge in [-0.05, 0) is 30.3 Å². The first kappa shape index (κ1) is 27.9. The predicted molar refractivity (Wildman–Crippen MR) is 168 cm³/mol. The molecule has 0 radical (unpaired) electrons. The summed E-state index contributed by atoms with van der Waals surface area (Å²) in [6.45, 7) is 3.70. The smallest absolute Gasteiger partial charge is 0.433 e. The van der Waals surface area contributed by atoms with E-state index in [2.05, 4.69) is 20.2 Å². The molecule has 1 N–H and O–H groups in total. The Morgan fingerprint density at radius 3 is 2.21 bits per heavy atom. The fraction of sp³-hybridized carbons (Fsp3) is 0.176. The Morgan fingerprint density at radius 2 is 1.51 bits per heavy atom. The van der Waals surface area contributed by atoms with Gasteiger partial charge >= 0.3 is 6.09 Å². The van der Waals surface area contributed by atoms with E-state index in [1.54, 1.807) is 24.3 Å². The van der Waals surface area contributed by atoms with Crippen molar-refractivity contribution in [2.24, 2.45) is 0 Å². The van der Waals surface area contributed by atoms with Gasteiger partial charge in [-0.1, -0.05) is 72.8 Å². The molecule has 43 heavy (non-hydrogen) atoms. The minimum absolute atomic E-state index is 0.424. The highest BCUT2D eigenvalue weighted by molar-refractivity contribution is 6.10. The fourth-order valence-corrected chi connectivity index (χ4v) is 5.44. The number of nitrogens with one attached hydrogen (secondary N) is 1. The normalized spacial score (nSPS) is 13.5. The van der Waals surface area contributed by atoms with Crippen LogP contribution >= 0.6 is 0 Å². The Labute approximate surface area is 250 Å². The lowest BCUT2D eigenvalue weighted by Gasteiger charge is -2.36. The largest absolute Gasteiger partial charge is 0.451 e. The molecule has 0 spiro atoms. The third kappa shape index (κ3) is 6.02. The van der Waals surface area contributed by atoms with Crippen LogP contribution in [0.5, 0.6) is 0 Å². The number of nitrogens with zero attached hydrogens (tertiary/aromatic N) is 5. The average molecular weight is 573 g/mol. The molecule has 2 amide bonds. The molecular weight excluding hydrogens is 540 g/mol. The van der Waals surface area contributed by atoms with E-state index in [1.807, 2.05) is 85.1 Å². The third-order valence-corrected chi connectivity index (χ3v) is 7.58. The van der Waals surface area contributed by atoms with Crippen LogP contribution in [-0.4, -0.2) is 60.2 Å². The number of carbonyl (C=O) groups excluding carboxylic acids is 2. The molecule has 1 aliphatic heterocycles. The van der Waals surface area contributed by atoms with E-state index in [-0.39, 0.29) is 0 Å². The molecule has 2 aromatic heterocycles. The SMILES string of the molecule is COC(=O)N(NC(=O)c1c(CN2CCN(c3ccccn3)CC2)c(-c2ccccc2)nc2ccccc12)c1ccccc1. The summed E-state index contributed by atoms with van der Waals surface area (Å²) < 4.78 is 5.02. The van der Waals surface area contributed by atoms with Crippen LogP contribution in [0.15, 0.2) is 109 Å². The molecule has 9 nitrogen and oxygen atoms in total. The first-order valence-corrected chi connectivity index (χ1v) is 14.2. The van der Waals surface area contributed by atoms with Gasteiger partial charge in [0.2, 0.25) is 0 Å². The van der Waals surface area contributed by atoms with Crippen molar-refractivity contribution in [2.45, 2.75) is 6.54 Å². The lowest BCUT2D eigenvalue weighted by Crippen LogP contribution is -2.48. The van der Waals surface area contributed by atoms with Gasteiger partial charge in [0.15, 0.2) is 0 Å². The molecule has 6 rings (SSSR count). The van der Waals surface area contributed by atoms with Gasteiger partial charge < -0.3 is 9.64 Å². The highest BCUT2D eigenvalue weighted by Gasteiger charge is 2.28. The van der Waals surface area contributed by atoms with Crippen molar-refractivity contribution in [3.63, 3.8) is 0 Å². The van der Waals surface area contributed by atoms with Crippen molar-refractivity contribution in [2.75, 3.05) is 43.2 Å². The standard InChI is InChI=1S/C34H32N6O3/c1-43-34(42)40(26-14-6-3-7-15-26)37-33(41)31-27-16-8-9-17-29(27)36-32(25-12-4-2-5-13-25)28(31)24-38-20-22-39(23-21-38)30-18-10-11-19-35-30/h2-19H,20-24H2,1H3,(H,37,41). The number of ether oxygens (including phenoxy) is 1. The highest BCUT2D eigenvalue weighted by atomic mass is 16.5. The second kappa shape index (κ2) is 12.7. The van der Waals surface area contributed by atoms with Crippen molar-refractivity contribution in [3.8, 4) is 11.3 Å². The topological polar surface area (TPSA) is 90.9 Å². The van der Waals surface area contributed by atoms with Crippen LogP contribution in [0.3, 0.4) is 0 Å². The van der Waals surface area contributed by atoms with Gasteiger partial charge in [-0.3, -0.25) is 15.1 Å². The van der Waals surface area contributed by atoms with Gasteiger partial charge in [-0.15, -0.1) is 0 Å². The van der Waals surface area contributed by atoms with Crippen LogP contribution in [0.4, 0.5) is 16.3 Å². The third-order valence-electron chi connectivity index (χ3n) is 7.58. The Hall–Kier alpha value is -5.28. The predicted octanol–water partition coefficient (Wildman–Crippen LogP) is 5.54. The van der Waals surface area contributed by atoms with Gasteiger partial charge in [-0.25, -0.2) is 14.8 Å². The average Bonchev–Trinajstić information content (AvgIpc) is 3.08. The Morgan fingerprint density at radius 1 is 0.837 bits per heavy atom. The van der Waals surface area contributed by atoms with Gasteiger partial charge in [0.05, 0.1) is 29.6 Å². The molecule has 5 aromatic rings.